The molecule has 3 heteroatoms. The van der Waals surface area contributed by atoms with Crippen molar-refractivity contribution >= 4 is 0 Å². The van der Waals surface area contributed by atoms with E-state index in [0.29, 0.717) is 12.6 Å². The lowest BCUT2D eigenvalue weighted by Gasteiger charge is -2.36. The quantitative estimate of drug-likeness (QED) is 0.672. The molecule has 2 nitrogen and oxygen atoms in total. The third-order valence-corrected chi connectivity index (χ3v) is 2.67. The van der Waals surface area contributed by atoms with Crippen molar-refractivity contribution in [3.05, 3.63) is 0 Å². The van der Waals surface area contributed by atoms with E-state index in [4.69, 9.17) is 0 Å². The second-order valence-electron chi connectivity index (χ2n) is 3.79. The molecule has 2 unspecified atom stereocenters. The van der Waals surface area contributed by atoms with Gasteiger partial charge in [0.25, 0.3) is 0 Å². The maximum absolute atomic E-state index is 13.4. The summed E-state index contributed by atoms with van der Waals surface area (Å²) in [5.41, 5.74) is 0. The molecular formula is C9H19FN2. The first-order valence-corrected chi connectivity index (χ1v) is 4.70. The van der Waals surface area contributed by atoms with Crippen LogP contribution in [0.15, 0.2) is 0 Å². The van der Waals surface area contributed by atoms with Crippen LogP contribution in [0.1, 0.15) is 20.3 Å². The van der Waals surface area contributed by atoms with E-state index in [1.807, 2.05) is 7.05 Å². The molecule has 2 atom stereocenters. The summed E-state index contributed by atoms with van der Waals surface area (Å²) in [6, 6.07) is 0.543. The molecule has 0 spiro atoms. The summed E-state index contributed by atoms with van der Waals surface area (Å²) >= 11 is 0. The summed E-state index contributed by atoms with van der Waals surface area (Å²) < 4.78 is 13.4. The van der Waals surface area contributed by atoms with E-state index in [9.17, 15) is 4.39 Å². The molecule has 12 heavy (non-hydrogen) atoms. The Morgan fingerprint density at radius 1 is 1.50 bits per heavy atom. The largest absolute Gasteiger partial charge is 0.314 e. The highest BCUT2D eigenvalue weighted by Crippen LogP contribution is 2.15. The van der Waals surface area contributed by atoms with Crippen molar-refractivity contribution < 1.29 is 4.39 Å². The zero-order valence-corrected chi connectivity index (χ0v) is 8.18. The van der Waals surface area contributed by atoms with Gasteiger partial charge in [0.1, 0.15) is 6.17 Å². The molecule has 0 saturated carbocycles. The molecule has 1 saturated heterocycles. The molecular weight excluding hydrogens is 155 g/mol. The second-order valence-corrected chi connectivity index (χ2v) is 3.79. The van der Waals surface area contributed by atoms with Crippen molar-refractivity contribution in [3.8, 4) is 0 Å². The average molecular weight is 174 g/mol. The average Bonchev–Trinajstić information content (AvgIpc) is 2.04. The molecule has 0 aromatic rings. The molecule has 72 valence electrons. The Labute approximate surface area is 74.1 Å². The van der Waals surface area contributed by atoms with Gasteiger partial charge in [0.15, 0.2) is 0 Å². The Balaban J connectivity index is 2.40. The molecule has 1 fully saturated rings. The Bertz CT molecular complexity index is 138. The third-order valence-electron chi connectivity index (χ3n) is 2.67. The first-order valence-electron chi connectivity index (χ1n) is 4.70. The highest BCUT2D eigenvalue weighted by Gasteiger charge is 2.28. The first-order chi connectivity index (χ1) is 5.65. The highest BCUT2D eigenvalue weighted by atomic mass is 19.1. The van der Waals surface area contributed by atoms with Crippen LogP contribution in [0.4, 0.5) is 4.39 Å². The minimum atomic E-state index is -0.703. The van der Waals surface area contributed by atoms with E-state index < -0.39 is 6.17 Å². The Kier molecular flexibility index (Phi) is 3.47. The van der Waals surface area contributed by atoms with Gasteiger partial charge >= 0.3 is 0 Å². The fourth-order valence-corrected chi connectivity index (χ4v) is 1.72. The van der Waals surface area contributed by atoms with Crippen LogP contribution >= 0.6 is 0 Å². The molecule has 1 aliphatic rings. The van der Waals surface area contributed by atoms with Gasteiger partial charge in [0.05, 0.1) is 0 Å². The van der Waals surface area contributed by atoms with E-state index in [-0.39, 0.29) is 6.04 Å². The summed E-state index contributed by atoms with van der Waals surface area (Å²) in [7, 11) is 1.84. The molecule has 0 bridgehead atoms. The number of halogens is 1. The zero-order valence-electron chi connectivity index (χ0n) is 8.18. The van der Waals surface area contributed by atoms with E-state index in [2.05, 4.69) is 24.1 Å². The predicted octanol–water partition coefficient (Wildman–Crippen LogP) is 1.03. The molecule has 1 heterocycles. The van der Waals surface area contributed by atoms with Crippen molar-refractivity contribution in [2.24, 2.45) is 0 Å². The van der Waals surface area contributed by atoms with E-state index in [0.717, 1.165) is 13.0 Å². The Hall–Kier alpha value is -0.150. The monoisotopic (exact) mass is 174 g/mol. The smallest absolute Gasteiger partial charge is 0.128 e. The maximum atomic E-state index is 13.4. The topological polar surface area (TPSA) is 15.3 Å². The van der Waals surface area contributed by atoms with E-state index in [1.165, 1.54) is 0 Å². The highest BCUT2D eigenvalue weighted by molar-refractivity contribution is 4.85. The van der Waals surface area contributed by atoms with Crippen LogP contribution in [0.2, 0.25) is 0 Å². The molecule has 0 aliphatic carbocycles. The SMILES string of the molecule is CNC1CCN(C(C)C)CC1F. The van der Waals surface area contributed by atoms with Gasteiger partial charge in [-0.3, -0.25) is 4.90 Å². The number of nitrogens with zero attached hydrogens (tertiary/aromatic N) is 1. The molecule has 1 N–H and O–H groups in total. The summed E-state index contributed by atoms with van der Waals surface area (Å²) in [4.78, 5) is 2.19. The molecule has 0 radical (unpaired) electrons. The lowest BCUT2D eigenvalue weighted by atomic mass is 10.0. The summed E-state index contributed by atoms with van der Waals surface area (Å²) in [5, 5.41) is 3.01. The van der Waals surface area contributed by atoms with Gasteiger partial charge in [-0.25, -0.2) is 4.39 Å². The number of piperidine rings is 1. The maximum Gasteiger partial charge on any atom is 0.128 e. The van der Waals surface area contributed by atoms with E-state index in [1.54, 1.807) is 0 Å². The zero-order chi connectivity index (χ0) is 9.14. The summed E-state index contributed by atoms with van der Waals surface area (Å²) in [6.45, 7) is 5.84. The van der Waals surface area contributed by atoms with Crippen molar-refractivity contribution in [1.29, 1.82) is 0 Å². The number of nitrogens with one attached hydrogen (secondary N) is 1. The number of alkyl halides is 1. The van der Waals surface area contributed by atoms with Crippen molar-refractivity contribution in [2.45, 2.75) is 38.5 Å². The first kappa shape index (κ1) is 9.93. The van der Waals surface area contributed by atoms with Crippen LogP contribution in [0, 0.1) is 0 Å². The second kappa shape index (κ2) is 4.19. The van der Waals surface area contributed by atoms with Crippen LogP contribution in [0.5, 0.6) is 0 Å². The van der Waals surface area contributed by atoms with Gasteiger partial charge in [-0.15, -0.1) is 0 Å². The van der Waals surface area contributed by atoms with Crippen LogP contribution in [-0.2, 0) is 0 Å². The fraction of sp³-hybridized carbons (Fsp3) is 1.00. The number of rotatable bonds is 2. The molecule has 0 aromatic carbocycles. The van der Waals surface area contributed by atoms with Gasteiger partial charge < -0.3 is 5.32 Å². The van der Waals surface area contributed by atoms with Crippen molar-refractivity contribution in [3.63, 3.8) is 0 Å². The van der Waals surface area contributed by atoms with Gasteiger partial charge in [-0.2, -0.15) is 0 Å². The Morgan fingerprint density at radius 2 is 2.17 bits per heavy atom. The van der Waals surface area contributed by atoms with Gasteiger partial charge in [-0.1, -0.05) is 0 Å². The van der Waals surface area contributed by atoms with Crippen molar-refractivity contribution in [2.75, 3.05) is 20.1 Å². The summed E-state index contributed by atoms with van der Waals surface area (Å²) in [5.74, 6) is 0. The lowest BCUT2D eigenvalue weighted by Crippen LogP contribution is -2.51. The van der Waals surface area contributed by atoms with Crippen LogP contribution < -0.4 is 5.32 Å². The van der Waals surface area contributed by atoms with Gasteiger partial charge in [-0.05, 0) is 27.3 Å². The molecule has 0 amide bonds. The molecule has 0 aromatic heterocycles. The summed E-state index contributed by atoms with van der Waals surface area (Å²) in [6.07, 6.45) is 0.224. The minimum Gasteiger partial charge on any atom is -0.314 e. The molecule has 1 aliphatic heterocycles. The Morgan fingerprint density at radius 3 is 2.58 bits per heavy atom. The number of likely N-dealkylation sites (tertiary alicyclic amines) is 1. The fourth-order valence-electron chi connectivity index (χ4n) is 1.72. The van der Waals surface area contributed by atoms with E-state index >= 15 is 0 Å². The molecule has 1 rings (SSSR count). The van der Waals surface area contributed by atoms with Gasteiger partial charge in [0, 0.05) is 25.2 Å². The number of hydrogen-bond acceptors (Lipinski definition) is 2. The van der Waals surface area contributed by atoms with Crippen molar-refractivity contribution in [1.82, 2.24) is 10.2 Å². The van der Waals surface area contributed by atoms with Crippen LogP contribution in [0.3, 0.4) is 0 Å². The van der Waals surface area contributed by atoms with Gasteiger partial charge in [0.2, 0.25) is 0 Å². The predicted molar refractivity (Wildman–Crippen MR) is 49.1 cm³/mol. The van der Waals surface area contributed by atoms with Crippen LogP contribution in [-0.4, -0.2) is 43.3 Å². The minimum absolute atomic E-state index is 0.0694. The lowest BCUT2D eigenvalue weighted by molar-refractivity contribution is 0.0855. The standard InChI is InChI=1S/C9H19FN2/c1-7(2)12-5-4-9(11-3)8(10)6-12/h7-9,11H,4-6H2,1-3H3. The number of hydrogen-bond donors (Lipinski definition) is 1. The normalized spacial score (nSPS) is 32.8. The third kappa shape index (κ3) is 2.17. The van der Waals surface area contributed by atoms with Crippen LogP contribution in [0.25, 0.3) is 0 Å².